The smallest absolute Gasteiger partial charge is 0.320 e. The van der Waals surface area contributed by atoms with Gasteiger partial charge in [0.05, 0.1) is 6.61 Å². The third-order valence-electron chi connectivity index (χ3n) is 3.11. The number of Topliss-reactive ketones (excluding diaryl/α,β-unsaturated/α-hetero) is 1. The van der Waals surface area contributed by atoms with Crippen LogP contribution in [-0.2, 0) is 9.59 Å². The molecule has 0 heterocycles. The van der Waals surface area contributed by atoms with Crippen molar-refractivity contribution in [1.82, 2.24) is 0 Å². The van der Waals surface area contributed by atoms with Crippen LogP contribution in [0.5, 0.6) is 0 Å². The van der Waals surface area contributed by atoms with Crippen LogP contribution in [0.4, 0.5) is 0 Å². The van der Waals surface area contributed by atoms with Crippen molar-refractivity contribution in [3.05, 3.63) is 0 Å². The molecule has 5 atom stereocenters. The molecule has 0 rings (SSSR count). The maximum atomic E-state index is 11.6. The van der Waals surface area contributed by atoms with Gasteiger partial charge in [0.2, 0.25) is 0 Å². The molecule has 0 aromatic rings. The van der Waals surface area contributed by atoms with Gasteiger partial charge in [0.1, 0.15) is 24.4 Å². The summed E-state index contributed by atoms with van der Waals surface area (Å²) < 4.78 is 0. The molecule has 0 aliphatic rings. The number of rotatable bonds is 11. The standard InChI is InChI=1S/C12H24N2O7/c13-6(2-1-3-7(14)12(20)21)4-8(16)10(18)11(19)9(17)5-15/h6-7,9-11,15,17-19H,1-5,13-14H2,(H,20,21)/t6?,7-,9+,10+,11+/m0/s1. The van der Waals surface area contributed by atoms with Crippen LogP contribution in [0.3, 0.4) is 0 Å². The first-order chi connectivity index (χ1) is 9.70. The Labute approximate surface area is 122 Å². The summed E-state index contributed by atoms with van der Waals surface area (Å²) in [6.07, 6.45) is -4.52. The molecule has 0 radical (unpaired) electrons. The van der Waals surface area contributed by atoms with Crippen LogP contribution >= 0.6 is 0 Å². The lowest BCUT2D eigenvalue weighted by atomic mass is 9.97. The number of aliphatic hydroxyl groups is 4. The van der Waals surface area contributed by atoms with Gasteiger partial charge >= 0.3 is 5.97 Å². The topological polar surface area (TPSA) is 187 Å². The fourth-order valence-corrected chi connectivity index (χ4v) is 1.71. The van der Waals surface area contributed by atoms with Crippen molar-refractivity contribution in [2.75, 3.05) is 6.61 Å². The van der Waals surface area contributed by atoms with Crippen LogP contribution in [0.1, 0.15) is 25.7 Å². The molecule has 0 saturated heterocycles. The zero-order chi connectivity index (χ0) is 16.6. The molecule has 9 heteroatoms. The summed E-state index contributed by atoms with van der Waals surface area (Å²) >= 11 is 0. The summed E-state index contributed by atoms with van der Waals surface area (Å²) in [5.74, 6) is -1.87. The molecule has 0 amide bonds. The maximum Gasteiger partial charge on any atom is 0.320 e. The number of hydrogen-bond acceptors (Lipinski definition) is 8. The fourth-order valence-electron chi connectivity index (χ4n) is 1.71. The van der Waals surface area contributed by atoms with E-state index in [2.05, 4.69) is 0 Å². The molecule has 1 unspecified atom stereocenters. The first-order valence-electron chi connectivity index (χ1n) is 6.62. The minimum atomic E-state index is -1.83. The number of aliphatic carboxylic acids is 1. The van der Waals surface area contributed by atoms with Gasteiger partial charge in [0.15, 0.2) is 5.78 Å². The van der Waals surface area contributed by atoms with E-state index in [1.54, 1.807) is 0 Å². The normalized spacial score (nSPS) is 18.6. The summed E-state index contributed by atoms with van der Waals surface area (Å²) in [5.41, 5.74) is 11.0. The van der Waals surface area contributed by atoms with Crippen molar-refractivity contribution in [2.24, 2.45) is 11.5 Å². The molecule has 0 fully saturated rings. The van der Waals surface area contributed by atoms with Crippen LogP contribution in [0.15, 0.2) is 0 Å². The Hall–Kier alpha value is -1.10. The molecule has 0 saturated carbocycles. The molecular formula is C12H24N2O7. The minimum absolute atomic E-state index is 0.214. The van der Waals surface area contributed by atoms with Gasteiger partial charge < -0.3 is 37.0 Å². The predicted octanol–water partition coefficient (Wildman–Crippen LogP) is -3.07. The lowest BCUT2D eigenvalue weighted by Crippen LogP contribution is -2.45. The van der Waals surface area contributed by atoms with Crippen LogP contribution in [0.2, 0.25) is 0 Å². The van der Waals surface area contributed by atoms with Gasteiger partial charge in [-0.05, 0) is 19.3 Å². The Kier molecular flexibility index (Phi) is 9.26. The van der Waals surface area contributed by atoms with Gasteiger partial charge in [-0.15, -0.1) is 0 Å². The van der Waals surface area contributed by atoms with Gasteiger partial charge in [-0.25, -0.2) is 0 Å². The number of carbonyl (C=O) groups excluding carboxylic acids is 1. The highest BCUT2D eigenvalue weighted by Gasteiger charge is 2.30. The van der Waals surface area contributed by atoms with Gasteiger partial charge in [0.25, 0.3) is 0 Å². The van der Waals surface area contributed by atoms with Crippen molar-refractivity contribution < 1.29 is 35.1 Å². The number of aliphatic hydroxyl groups excluding tert-OH is 4. The predicted molar refractivity (Wildman–Crippen MR) is 72.2 cm³/mol. The number of carboxylic acid groups (broad SMARTS) is 1. The molecule has 0 aromatic carbocycles. The quantitative estimate of drug-likeness (QED) is 0.208. The molecule has 21 heavy (non-hydrogen) atoms. The van der Waals surface area contributed by atoms with E-state index in [1.165, 1.54) is 0 Å². The number of nitrogens with two attached hydrogens (primary N) is 2. The lowest BCUT2D eigenvalue weighted by Gasteiger charge is -2.21. The highest BCUT2D eigenvalue weighted by Crippen LogP contribution is 2.09. The number of carboxylic acids is 1. The Morgan fingerprint density at radius 1 is 1.05 bits per heavy atom. The Morgan fingerprint density at radius 3 is 2.10 bits per heavy atom. The SMILES string of the molecule is NC(CCC[C@H](N)C(=O)O)CC(=O)[C@@H](O)[C@H](O)[C@H](O)CO. The van der Waals surface area contributed by atoms with Gasteiger partial charge in [0, 0.05) is 12.5 Å². The molecular weight excluding hydrogens is 284 g/mol. The van der Waals surface area contributed by atoms with Crippen LogP contribution in [0, 0.1) is 0 Å². The van der Waals surface area contributed by atoms with Gasteiger partial charge in [-0.3, -0.25) is 9.59 Å². The zero-order valence-electron chi connectivity index (χ0n) is 11.6. The van der Waals surface area contributed by atoms with Crippen molar-refractivity contribution in [3.8, 4) is 0 Å². The van der Waals surface area contributed by atoms with E-state index < -0.39 is 48.8 Å². The van der Waals surface area contributed by atoms with Crippen LogP contribution < -0.4 is 11.5 Å². The van der Waals surface area contributed by atoms with E-state index in [9.17, 15) is 19.8 Å². The molecule has 9 nitrogen and oxygen atoms in total. The number of carbonyl (C=O) groups is 2. The first-order valence-corrected chi connectivity index (χ1v) is 6.62. The van der Waals surface area contributed by atoms with E-state index in [1.807, 2.05) is 0 Å². The molecule has 0 aliphatic heterocycles. The summed E-state index contributed by atoms with van der Waals surface area (Å²) in [5, 5.41) is 45.2. The molecule has 124 valence electrons. The van der Waals surface area contributed by atoms with Crippen molar-refractivity contribution >= 4 is 11.8 Å². The highest BCUT2D eigenvalue weighted by atomic mass is 16.4. The third-order valence-corrected chi connectivity index (χ3v) is 3.11. The fraction of sp³-hybridized carbons (Fsp3) is 0.833. The van der Waals surface area contributed by atoms with Crippen LogP contribution in [0.25, 0.3) is 0 Å². The molecule has 0 bridgehead atoms. The Morgan fingerprint density at radius 2 is 1.62 bits per heavy atom. The van der Waals surface area contributed by atoms with E-state index in [-0.39, 0.29) is 12.8 Å². The van der Waals surface area contributed by atoms with Gasteiger partial charge in [-0.2, -0.15) is 0 Å². The molecule has 0 spiro atoms. The molecule has 0 aromatic heterocycles. The van der Waals surface area contributed by atoms with E-state index in [4.69, 9.17) is 26.8 Å². The van der Waals surface area contributed by atoms with E-state index in [0.717, 1.165) is 0 Å². The molecule has 9 N–H and O–H groups in total. The second kappa shape index (κ2) is 9.77. The lowest BCUT2D eigenvalue weighted by molar-refractivity contribution is -0.141. The summed E-state index contributed by atoms with van der Waals surface area (Å²) in [6, 6.07) is -1.60. The van der Waals surface area contributed by atoms with Crippen molar-refractivity contribution in [3.63, 3.8) is 0 Å². The summed E-state index contributed by atoms with van der Waals surface area (Å²) in [6.45, 7) is -0.787. The second-order valence-electron chi connectivity index (χ2n) is 4.99. The average Bonchev–Trinajstić information content (AvgIpc) is 2.44. The number of ketones is 1. The Balaban J connectivity index is 4.11. The second-order valence-corrected chi connectivity index (χ2v) is 4.99. The maximum absolute atomic E-state index is 11.6. The van der Waals surface area contributed by atoms with E-state index >= 15 is 0 Å². The monoisotopic (exact) mass is 308 g/mol. The largest absolute Gasteiger partial charge is 0.480 e. The average molecular weight is 308 g/mol. The molecule has 0 aliphatic carbocycles. The summed E-state index contributed by atoms with van der Waals surface area (Å²) in [7, 11) is 0. The first kappa shape index (κ1) is 19.9. The van der Waals surface area contributed by atoms with Gasteiger partial charge in [-0.1, -0.05) is 0 Å². The highest BCUT2D eigenvalue weighted by molar-refractivity contribution is 5.84. The van der Waals surface area contributed by atoms with Crippen molar-refractivity contribution in [2.45, 2.75) is 56.1 Å². The summed E-state index contributed by atoms with van der Waals surface area (Å²) in [4.78, 5) is 22.1. The Bertz CT molecular complexity index is 340. The van der Waals surface area contributed by atoms with Crippen molar-refractivity contribution in [1.29, 1.82) is 0 Å². The zero-order valence-corrected chi connectivity index (χ0v) is 11.6. The number of hydrogen-bond donors (Lipinski definition) is 7. The van der Waals surface area contributed by atoms with E-state index in [0.29, 0.717) is 12.8 Å². The van der Waals surface area contributed by atoms with Crippen LogP contribution in [-0.4, -0.2) is 74.3 Å². The minimum Gasteiger partial charge on any atom is -0.480 e. The third kappa shape index (κ3) is 7.46.